The lowest BCUT2D eigenvalue weighted by Crippen LogP contribution is -2.34. The summed E-state index contributed by atoms with van der Waals surface area (Å²) in [6.45, 7) is 0.875. The van der Waals surface area contributed by atoms with Crippen molar-refractivity contribution in [1.82, 2.24) is 9.88 Å². The summed E-state index contributed by atoms with van der Waals surface area (Å²) in [5.41, 5.74) is 1.35. The fourth-order valence-electron chi connectivity index (χ4n) is 2.96. The third kappa shape index (κ3) is 3.83. The first-order chi connectivity index (χ1) is 10.8. The molecule has 1 aromatic carbocycles. The maximum Gasteiger partial charge on any atom is 0.246 e. The second kappa shape index (κ2) is 7.36. The zero-order chi connectivity index (χ0) is 15.2. The second-order valence-electron chi connectivity index (χ2n) is 5.56. The van der Waals surface area contributed by atoms with Gasteiger partial charge in [-0.2, -0.15) is 0 Å². The molecule has 1 aliphatic rings. The number of thiazole rings is 1. The van der Waals surface area contributed by atoms with Crippen molar-refractivity contribution in [1.29, 1.82) is 0 Å². The third-order valence-corrected chi connectivity index (χ3v) is 4.83. The number of likely N-dealkylation sites (tertiary alicyclic amines) is 1. The van der Waals surface area contributed by atoms with Crippen LogP contribution < -0.4 is 0 Å². The van der Waals surface area contributed by atoms with Crippen LogP contribution in [0.1, 0.15) is 29.8 Å². The number of carbonyl (C=O) groups is 1. The summed E-state index contributed by atoms with van der Waals surface area (Å²) in [5.74, 6) is 0.116. The Kier molecular flexibility index (Phi) is 5.01. The summed E-state index contributed by atoms with van der Waals surface area (Å²) < 4.78 is 0. The SMILES string of the molecule is O=C(/C=C/c1nccs1)N1CCCC1CCc1ccccc1. The van der Waals surface area contributed by atoms with Gasteiger partial charge in [-0.1, -0.05) is 30.3 Å². The van der Waals surface area contributed by atoms with Crippen molar-refractivity contribution in [3.05, 3.63) is 58.6 Å². The van der Waals surface area contributed by atoms with Crippen LogP contribution in [-0.4, -0.2) is 28.4 Å². The highest BCUT2D eigenvalue weighted by Crippen LogP contribution is 2.22. The Labute approximate surface area is 135 Å². The maximum absolute atomic E-state index is 12.4. The van der Waals surface area contributed by atoms with Crippen LogP contribution in [0.3, 0.4) is 0 Å². The van der Waals surface area contributed by atoms with Crippen LogP contribution in [0.2, 0.25) is 0 Å². The van der Waals surface area contributed by atoms with Crippen molar-refractivity contribution in [3.63, 3.8) is 0 Å². The molecular weight excluding hydrogens is 292 g/mol. The van der Waals surface area contributed by atoms with Crippen molar-refractivity contribution in [2.24, 2.45) is 0 Å². The Morgan fingerprint density at radius 1 is 1.36 bits per heavy atom. The van der Waals surface area contributed by atoms with Gasteiger partial charge in [0, 0.05) is 30.2 Å². The van der Waals surface area contributed by atoms with Crippen LogP contribution in [0.25, 0.3) is 6.08 Å². The van der Waals surface area contributed by atoms with Gasteiger partial charge >= 0.3 is 0 Å². The molecule has 0 saturated carbocycles. The molecule has 0 spiro atoms. The van der Waals surface area contributed by atoms with Crippen molar-refractivity contribution in [3.8, 4) is 0 Å². The molecule has 1 unspecified atom stereocenters. The highest BCUT2D eigenvalue weighted by Gasteiger charge is 2.26. The molecule has 0 bridgehead atoms. The molecule has 0 radical (unpaired) electrons. The molecular formula is C18H20N2OS. The van der Waals surface area contributed by atoms with E-state index >= 15 is 0 Å². The van der Waals surface area contributed by atoms with Gasteiger partial charge in [-0.25, -0.2) is 4.98 Å². The number of benzene rings is 1. The molecule has 1 saturated heterocycles. The smallest absolute Gasteiger partial charge is 0.246 e. The van der Waals surface area contributed by atoms with Gasteiger partial charge in [-0.15, -0.1) is 11.3 Å². The van der Waals surface area contributed by atoms with Gasteiger partial charge in [0.25, 0.3) is 0 Å². The number of hydrogen-bond acceptors (Lipinski definition) is 3. The molecule has 1 atom stereocenters. The van der Waals surface area contributed by atoms with Crippen LogP contribution in [-0.2, 0) is 11.2 Å². The van der Waals surface area contributed by atoms with Crippen LogP contribution in [0.4, 0.5) is 0 Å². The Morgan fingerprint density at radius 3 is 3.00 bits per heavy atom. The van der Waals surface area contributed by atoms with E-state index in [0.717, 1.165) is 37.2 Å². The van der Waals surface area contributed by atoms with Gasteiger partial charge < -0.3 is 4.90 Å². The number of carbonyl (C=O) groups excluding carboxylic acids is 1. The van der Waals surface area contributed by atoms with E-state index in [4.69, 9.17) is 0 Å². The Bertz CT molecular complexity index is 622. The topological polar surface area (TPSA) is 33.2 Å². The largest absolute Gasteiger partial charge is 0.336 e. The fraction of sp³-hybridized carbons (Fsp3) is 0.333. The molecule has 2 aromatic rings. The summed E-state index contributed by atoms with van der Waals surface area (Å²) in [6, 6.07) is 10.9. The number of hydrogen-bond donors (Lipinski definition) is 0. The van der Waals surface area contributed by atoms with E-state index < -0.39 is 0 Å². The van der Waals surface area contributed by atoms with Gasteiger partial charge in [0.1, 0.15) is 5.01 Å². The van der Waals surface area contributed by atoms with Crippen molar-refractivity contribution >= 4 is 23.3 Å². The van der Waals surface area contributed by atoms with Gasteiger partial charge in [-0.3, -0.25) is 4.79 Å². The fourth-order valence-corrected chi connectivity index (χ4v) is 3.49. The molecule has 0 aliphatic carbocycles. The van der Waals surface area contributed by atoms with Crippen LogP contribution >= 0.6 is 11.3 Å². The van der Waals surface area contributed by atoms with E-state index in [2.05, 4.69) is 29.2 Å². The number of aromatic nitrogens is 1. The molecule has 0 N–H and O–H groups in total. The molecule has 3 rings (SSSR count). The van der Waals surface area contributed by atoms with Gasteiger partial charge in [0.15, 0.2) is 0 Å². The summed E-state index contributed by atoms with van der Waals surface area (Å²) in [4.78, 5) is 18.6. The standard InChI is InChI=1S/C18H20N2OS/c21-18(11-10-17-19-12-14-22-17)20-13-4-7-16(20)9-8-15-5-2-1-3-6-15/h1-3,5-6,10-12,14,16H,4,7-9,13H2/b11-10+. The molecule has 114 valence electrons. The minimum absolute atomic E-state index is 0.116. The first-order valence-corrected chi connectivity index (χ1v) is 8.63. The zero-order valence-corrected chi connectivity index (χ0v) is 13.3. The molecule has 2 heterocycles. The zero-order valence-electron chi connectivity index (χ0n) is 12.5. The Morgan fingerprint density at radius 2 is 2.23 bits per heavy atom. The molecule has 4 heteroatoms. The van der Waals surface area contributed by atoms with Gasteiger partial charge in [0.05, 0.1) is 0 Å². The molecule has 1 fully saturated rings. The van der Waals surface area contributed by atoms with E-state index in [0.29, 0.717) is 6.04 Å². The van der Waals surface area contributed by atoms with Crippen molar-refractivity contribution < 1.29 is 4.79 Å². The monoisotopic (exact) mass is 312 g/mol. The summed E-state index contributed by atoms with van der Waals surface area (Å²) in [6.07, 6.45) is 9.54. The highest BCUT2D eigenvalue weighted by molar-refractivity contribution is 7.10. The van der Waals surface area contributed by atoms with Gasteiger partial charge in [0.2, 0.25) is 5.91 Å². The average Bonchev–Trinajstić information content (AvgIpc) is 3.23. The minimum Gasteiger partial charge on any atom is -0.336 e. The van der Waals surface area contributed by atoms with Crippen LogP contribution in [0, 0.1) is 0 Å². The van der Waals surface area contributed by atoms with Crippen molar-refractivity contribution in [2.75, 3.05) is 6.54 Å². The van der Waals surface area contributed by atoms with Crippen LogP contribution in [0.15, 0.2) is 48.0 Å². The first-order valence-electron chi connectivity index (χ1n) is 7.75. The number of nitrogens with zero attached hydrogens (tertiary/aromatic N) is 2. The Balaban J connectivity index is 1.57. The summed E-state index contributed by atoms with van der Waals surface area (Å²) in [5, 5.41) is 2.80. The predicted molar refractivity (Wildman–Crippen MR) is 90.6 cm³/mol. The van der Waals surface area contributed by atoms with E-state index in [1.165, 1.54) is 5.56 Å². The average molecular weight is 312 g/mol. The molecule has 1 aromatic heterocycles. The van der Waals surface area contributed by atoms with Gasteiger partial charge in [-0.05, 0) is 37.3 Å². The highest BCUT2D eigenvalue weighted by atomic mass is 32.1. The molecule has 1 amide bonds. The molecule has 3 nitrogen and oxygen atoms in total. The minimum atomic E-state index is 0.116. The Hall–Kier alpha value is -1.94. The lowest BCUT2D eigenvalue weighted by Gasteiger charge is -2.23. The normalized spacial score (nSPS) is 18.2. The molecule has 1 aliphatic heterocycles. The van der Waals surface area contributed by atoms with E-state index in [1.807, 2.05) is 22.4 Å². The first kappa shape index (κ1) is 15.0. The van der Waals surface area contributed by atoms with E-state index in [-0.39, 0.29) is 5.91 Å². The number of rotatable bonds is 5. The predicted octanol–water partition coefficient (Wildman–Crippen LogP) is 3.78. The lowest BCUT2D eigenvalue weighted by atomic mass is 10.0. The van der Waals surface area contributed by atoms with Crippen molar-refractivity contribution in [2.45, 2.75) is 31.7 Å². The number of amides is 1. The third-order valence-electron chi connectivity index (χ3n) is 4.09. The molecule has 22 heavy (non-hydrogen) atoms. The summed E-state index contributed by atoms with van der Waals surface area (Å²) >= 11 is 1.55. The van der Waals surface area contributed by atoms with E-state index in [1.54, 1.807) is 23.6 Å². The van der Waals surface area contributed by atoms with Crippen LogP contribution in [0.5, 0.6) is 0 Å². The lowest BCUT2D eigenvalue weighted by molar-refractivity contribution is -0.126. The maximum atomic E-state index is 12.4. The second-order valence-corrected chi connectivity index (χ2v) is 6.48. The summed E-state index contributed by atoms with van der Waals surface area (Å²) in [7, 11) is 0. The van der Waals surface area contributed by atoms with E-state index in [9.17, 15) is 4.79 Å². The number of aryl methyl sites for hydroxylation is 1. The quantitative estimate of drug-likeness (QED) is 0.787.